The topological polar surface area (TPSA) is 205 Å². The van der Waals surface area contributed by atoms with Crippen molar-refractivity contribution in [2.75, 3.05) is 18.5 Å². The summed E-state index contributed by atoms with van der Waals surface area (Å²) in [5.74, 6) is 0.344. The van der Waals surface area contributed by atoms with E-state index in [9.17, 15) is 29.7 Å². The molecule has 3 heterocycles. The predicted molar refractivity (Wildman–Crippen MR) is 129 cm³/mol. The minimum absolute atomic E-state index is 0.0259. The molecule has 37 heavy (non-hydrogen) atoms. The summed E-state index contributed by atoms with van der Waals surface area (Å²) in [7, 11) is -4.86. The number of nitrogens with one attached hydrogen (secondary N) is 1. The normalized spacial score (nSPS) is 27.4. The summed E-state index contributed by atoms with van der Waals surface area (Å²) in [6, 6.07) is 8.04. The maximum Gasteiger partial charge on any atom is 0.359 e. The molecule has 6 N–H and O–H groups in total. The van der Waals surface area contributed by atoms with Gasteiger partial charge in [0.05, 0.1) is 19.3 Å². The molecule has 0 spiro atoms. The van der Waals surface area contributed by atoms with Gasteiger partial charge < -0.3 is 39.9 Å². The lowest BCUT2D eigenvalue weighted by atomic mass is 10.1. The third-order valence-corrected chi connectivity index (χ3v) is 8.46. The zero-order chi connectivity index (χ0) is 26.5. The van der Waals surface area contributed by atoms with Crippen LogP contribution in [0.3, 0.4) is 0 Å². The number of hydrogen-bond donors (Lipinski definition) is 6. The van der Waals surface area contributed by atoms with E-state index >= 15 is 0 Å². The minimum atomic E-state index is -4.86. The van der Waals surface area contributed by atoms with E-state index in [-0.39, 0.29) is 22.5 Å². The van der Waals surface area contributed by atoms with Gasteiger partial charge in [-0.2, -0.15) is 14.6 Å². The highest BCUT2D eigenvalue weighted by Gasteiger charge is 2.49. The number of rotatable bonds is 8. The molecule has 1 aromatic carbocycles. The van der Waals surface area contributed by atoms with Gasteiger partial charge in [0, 0.05) is 0 Å². The van der Waals surface area contributed by atoms with Gasteiger partial charge in [-0.25, -0.2) is 0 Å². The van der Waals surface area contributed by atoms with E-state index in [0.717, 1.165) is 30.0 Å². The Morgan fingerprint density at radius 1 is 1.27 bits per heavy atom. The van der Waals surface area contributed by atoms with Crippen LogP contribution in [0.15, 0.2) is 24.3 Å². The molecule has 0 radical (unpaired) electrons. The van der Waals surface area contributed by atoms with E-state index in [1.165, 1.54) is 5.56 Å². The summed E-state index contributed by atoms with van der Waals surface area (Å²) in [5.41, 5.74) is 2.79. The molecule has 5 rings (SSSR count). The lowest BCUT2D eigenvalue weighted by molar-refractivity contribution is -0.104. The van der Waals surface area contributed by atoms with Crippen molar-refractivity contribution < 1.29 is 39.1 Å². The molecular formula is C21H26ClN6O8P. The van der Waals surface area contributed by atoms with E-state index in [4.69, 9.17) is 21.1 Å². The number of hydrogen-bond acceptors (Lipinski definition) is 11. The minimum Gasteiger partial charge on any atom is -0.393 e. The van der Waals surface area contributed by atoms with Gasteiger partial charge in [0.1, 0.15) is 18.3 Å². The van der Waals surface area contributed by atoms with E-state index in [0.29, 0.717) is 5.82 Å². The Kier molecular flexibility index (Phi) is 6.98. The zero-order valence-corrected chi connectivity index (χ0v) is 21.2. The molecule has 16 heteroatoms. The monoisotopic (exact) mass is 556 g/mol. The lowest BCUT2D eigenvalue weighted by Gasteiger charge is -2.29. The van der Waals surface area contributed by atoms with E-state index in [1.807, 2.05) is 18.2 Å². The van der Waals surface area contributed by atoms with Crippen molar-refractivity contribution >= 4 is 36.2 Å². The maximum atomic E-state index is 11.7. The Balaban J connectivity index is 1.39. The number of aromatic nitrogens is 5. The van der Waals surface area contributed by atoms with Crippen LogP contribution in [0.5, 0.6) is 0 Å². The quantitative estimate of drug-likeness (QED) is 0.165. The molecule has 1 aliphatic carbocycles. The second kappa shape index (κ2) is 9.80. The smallest absolute Gasteiger partial charge is 0.359 e. The van der Waals surface area contributed by atoms with Crippen molar-refractivity contribution in [2.24, 2.45) is 0 Å². The van der Waals surface area contributed by atoms with Gasteiger partial charge in [-0.05, 0) is 42.5 Å². The van der Waals surface area contributed by atoms with Crippen molar-refractivity contribution in [3.8, 4) is 0 Å². The number of nitrogens with zero attached hydrogens (tertiary/aromatic N) is 5. The third kappa shape index (κ3) is 4.73. The van der Waals surface area contributed by atoms with Crippen LogP contribution in [0.4, 0.5) is 5.82 Å². The first-order chi connectivity index (χ1) is 17.5. The van der Waals surface area contributed by atoms with Gasteiger partial charge in [0.25, 0.3) is 0 Å². The van der Waals surface area contributed by atoms with Crippen molar-refractivity contribution in [1.29, 1.82) is 0 Å². The Hall–Kier alpha value is -2.26. The van der Waals surface area contributed by atoms with E-state index < -0.39 is 50.7 Å². The summed E-state index contributed by atoms with van der Waals surface area (Å²) >= 11 is 6.20. The predicted octanol–water partition coefficient (Wildman–Crippen LogP) is 0.496. The van der Waals surface area contributed by atoms with Crippen molar-refractivity contribution in [3.63, 3.8) is 0 Å². The highest BCUT2D eigenvalue weighted by atomic mass is 35.5. The number of aliphatic hydroxyl groups excluding tert-OH is 3. The van der Waals surface area contributed by atoms with Crippen LogP contribution < -0.4 is 5.32 Å². The second-order valence-electron chi connectivity index (χ2n) is 9.22. The fraction of sp³-hybridized carbons (Fsp3) is 0.524. The number of aliphatic hydroxyl groups is 3. The number of aryl methyl sites for hydroxylation is 1. The maximum absolute atomic E-state index is 11.7. The van der Waals surface area contributed by atoms with Gasteiger partial charge in [0.15, 0.2) is 28.6 Å². The van der Waals surface area contributed by atoms with Crippen LogP contribution in [-0.2, 0) is 20.5 Å². The molecular weight excluding hydrogens is 531 g/mol. The summed E-state index contributed by atoms with van der Waals surface area (Å²) in [6.45, 7) is -0.478. The molecule has 1 unspecified atom stereocenters. The van der Waals surface area contributed by atoms with Gasteiger partial charge >= 0.3 is 7.60 Å². The van der Waals surface area contributed by atoms with Crippen molar-refractivity contribution in [3.05, 3.63) is 40.7 Å². The van der Waals surface area contributed by atoms with Gasteiger partial charge in [-0.1, -0.05) is 29.5 Å². The van der Waals surface area contributed by atoms with E-state index in [2.05, 4.69) is 31.7 Å². The number of fused-ring (bicyclic) bond motifs is 2. The molecule has 1 aliphatic heterocycles. The fourth-order valence-corrected chi connectivity index (χ4v) is 5.09. The highest BCUT2D eigenvalue weighted by molar-refractivity contribution is 7.53. The molecule has 1 saturated heterocycles. The molecule has 1 fully saturated rings. The number of benzene rings is 1. The first-order valence-corrected chi connectivity index (χ1v) is 13.5. The first-order valence-electron chi connectivity index (χ1n) is 11.5. The second-order valence-corrected chi connectivity index (χ2v) is 11.6. The number of halogens is 1. The lowest BCUT2D eigenvalue weighted by Crippen LogP contribution is -2.39. The van der Waals surface area contributed by atoms with Crippen LogP contribution in [-0.4, -0.2) is 86.9 Å². The average molecular weight is 557 g/mol. The Morgan fingerprint density at radius 2 is 2.03 bits per heavy atom. The molecule has 0 saturated carbocycles. The van der Waals surface area contributed by atoms with E-state index in [1.54, 1.807) is 0 Å². The van der Waals surface area contributed by atoms with Crippen LogP contribution in [0.2, 0.25) is 5.28 Å². The largest absolute Gasteiger partial charge is 0.393 e. The number of anilines is 1. The Bertz CT molecular complexity index is 1360. The van der Waals surface area contributed by atoms with Gasteiger partial charge in [0.2, 0.25) is 5.28 Å². The molecule has 0 bridgehead atoms. The van der Waals surface area contributed by atoms with Crippen molar-refractivity contribution in [2.45, 2.75) is 55.7 Å². The number of ether oxygens (including phenoxy) is 2. The van der Waals surface area contributed by atoms with Crippen molar-refractivity contribution in [1.82, 2.24) is 25.0 Å². The van der Waals surface area contributed by atoms with Crippen LogP contribution in [0.25, 0.3) is 11.2 Å². The summed E-state index contributed by atoms with van der Waals surface area (Å²) in [5, 5.41) is 39.8. The van der Waals surface area contributed by atoms with Crippen LogP contribution >= 0.6 is 19.2 Å². The molecule has 2 aliphatic rings. The fourth-order valence-electron chi connectivity index (χ4n) is 4.50. The molecule has 200 valence electrons. The van der Waals surface area contributed by atoms with Gasteiger partial charge in [-0.3, -0.25) is 4.57 Å². The molecule has 0 amide bonds. The van der Waals surface area contributed by atoms with Gasteiger partial charge in [-0.15, -0.1) is 5.10 Å². The Labute approximate surface area is 215 Å². The molecule has 2 aromatic heterocycles. The van der Waals surface area contributed by atoms with Crippen LogP contribution in [0, 0.1) is 0 Å². The summed E-state index contributed by atoms with van der Waals surface area (Å²) in [6.07, 6.45) is -3.74. The summed E-state index contributed by atoms with van der Waals surface area (Å²) < 4.78 is 23.8. The molecule has 3 aromatic rings. The van der Waals surface area contributed by atoms with Crippen LogP contribution in [0.1, 0.15) is 36.7 Å². The molecule has 14 nitrogen and oxygen atoms in total. The SMILES string of the molecule is CC(CO)(OC[C@H]1O[C@@H](n2nnc3c(N[C@@H]4CCc5ccccc54)nc(Cl)nc32)[C@H](O)[C@@H]1O)P(=O)(O)O. The highest BCUT2D eigenvalue weighted by Crippen LogP contribution is 2.51. The zero-order valence-electron chi connectivity index (χ0n) is 19.5. The molecule has 6 atom stereocenters. The Morgan fingerprint density at radius 3 is 2.76 bits per heavy atom. The standard InChI is InChI=1S/C21H26ClN6O8P/c1-21(9-29,37(32,33)34)35-8-13-15(30)16(31)19(36-13)28-18-14(26-27-28)17(24-20(22)25-18)23-12-7-6-10-4-2-3-5-11(10)12/h2-5,12-13,15-16,19,29-31H,6-9H2,1H3,(H,23,24,25)(H2,32,33,34)/t12-,13-,15-,16-,19-,21?/m1/s1. The summed E-state index contributed by atoms with van der Waals surface area (Å²) in [4.78, 5) is 27.4. The third-order valence-electron chi connectivity index (χ3n) is 6.79. The first kappa shape index (κ1) is 26.4. The average Bonchev–Trinajstić information content (AvgIpc) is 3.54.